The van der Waals surface area contributed by atoms with Crippen LogP contribution in [-0.2, 0) is 4.79 Å². The number of benzene rings is 2. The molecule has 1 unspecified atom stereocenters. The first-order chi connectivity index (χ1) is 16.2. The lowest BCUT2D eigenvalue weighted by Gasteiger charge is -2.38. The quantitative estimate of drug-likeness (QED) is 0.401. The van der Waals surface area contributed by atoms with Crippen LogP contribution < -0.4 is 10.5 Å². The van der Waals surface area contributed by atoms with Crippen molar-refractivity contribution in [1.29, 1.82) is 0 Å². The molecule has 0 aliphatic carbocycles. The van der Waals surface area contributed by atoms with Crippen LogP contribution in [0.5, 0.6) is 5.75 Å². The predicted molar refractivity (Wildman–Crippen MR) is 128 cm³/mol. The van der Waals surface area contributed by atoms with Crippen LogP contribution >= 0.6 is 22.9 Å². The Morgan fingerprint density at radius 3 is 2.85 bits per heavy atom. The summed E-state index contributed by atoms with van der Waals surface area (Å²) in [6, 6.07) is 3.37. The fraction of sp³-hybridized carbons (Fsp3) is 0.261. The number of halogens is 3. The smallest absolute Gasteiger partial charge is 0.246 e. The van der Waals surface area contributed by atoms with Crippen molar-refractivity contribution in [3.8, 4) is 16.9 Å². The van der Waals surface area contributed by atoms with E-state index >= 15 is 4.39 Å². The summed E-state index contributed by atoms with van der Waals surface area (Å²) in [5, 5.41) is -0.0168. The van der Waals surface area contributed by atoms with Crippen LogP contribution in [0.1, 0.15) is 10.4 Å². The number of carbonyl (C=O) groups excluding carboxylic acids is 2. The van der Waals surface area contributed by atoms with E-state index in [9.17, 15) is 14.0 Å². The standard InChI is InChI=1S/C23H21ClF2N4O3S/c1-3-17(32)30-7-6-29(2)13(9-30)11-33-21-12(10-31)8-16(26)18(19(21)24)14-4-5-15(25)22-20(14)28-23(27)34-22/h3-5,8,10,13H,1,6-7,9,11H2,2H3,(H2,27,28). The number of carbonyl (C=O) groups is 2. The summed E-state index contributed by atoms with van der Waals surface area (Å²) in [5.74, 6) is -1.51. The molecule has 1 amide bonds. The fourth-order valence-electron chi connectivity index (χ4n) is 3.93. The maximum absolute atomic E-state index is 15.1. The number of aromatic nitrogens is 1. The zero-order chi connectivity index (χ0) is 24.6. The number of thiazole rings is 1. The van der Waals surface area contributed by atoms with Crippen LogP contribution in [0.15, 0.2) is 30.9 Å². The number of nitrogens with two attached hydrogens (primary N) is 1. The highest BCUT2D eigenvalue weighted by Gasteiger charge is 2.28. The Hall–Kier alpha value is -3.08. The number of aldehydes is 1. The molecule has 0 bridgehead atoms. The van der Waals surface area contributed by atoms with Gasteiger partial charge in [0.1, 0.15) is 24.0 Å². The summed E-state index contributed by atoms with van der Waals surface area (Å²) in [4.78, 5) is 31.5. The Morgan fingerprint density at radius 2 is 2.15 bits per heavy atom. The highest BCUT2D eigenvalue weighted by atomic mass is 35.5. The van der Waals surface area contributed by atoms with Gasteiger partial charge in [-0.25, -0.2) is 13.8 Å². The number of anilines is 1. The number of hydrogen-bond donors (Lipinski definition) is 1. The first-order valence-electron chi connectivity index (χ1n) is 10.3. The van der Waals surface area contributed by atoms with Gasteiger partial charge < -0.3 is 15.4 Å². The minimum absolute atomic E-state index is 0.00526. The normalized spacial score (nSPS) is 16.6. The van der Waals surface area contributed by atoms with Gasteiger partial charge in [-0.1, -0.05) is 29.5 Å². The molecule has 3 aromatic rings. The summed E-state index contributed by atoms with van der Waals surface area (Å²) >= 11 is 7.51. The highest BCUT2D eigenvalue weighted by molar-refractivity contribution is 7.22. The van der Waals surface area contributed by atoms with Crippen LogP contribution in [0.2, 0.25) is 5.02 Å². The second-order valence-electron chi connectivity index (χ2n) is 7.84. The first kappa shape index (κ1) is 24.1. The number of nitrogens with zero attached hydrogens (tertiary/aromatic N) is 3. The van der Waals surface area contributed by atoms with Crippen LogP contribution in [0.3, 0.4) is 0 Å². The van der Waals surface area contributed by atoms with Gasteiger partial charge in [-0.05, 0) is 31.3 Å². The Balaban J connectivity index is 1.72. The topological polar surface area (TPSA) is 88.8 Å². The van der Waals surface area contributed by atoms with Crippen LogP contribution in [0.4, 0.5) is 13.9 Å². The first-order valence-corrected chi connectivity index (χ1v) is 11.5. The molecule has 2 heterocycles. The number of piperazine rings is 1. The second-order valence-corrected chi connectivity index (χ2v) is 9.25. The van der Waals surface area contributed by atoms with E-state index in [2.05, 4.69) is 11.6 Å². The van der Waals surface area contributed by atoms with E-state index in [-0.39, 0.29) is 61.4 Å². The lowest BCUT2D eigenvalue weighted by molar-refractivity contribution is -0.129. The van der Waals surface area contributed by atoms with Gasteiger partial charge in [0.25, 0.3) is 0 Å². The molecule has 1 aliphatic rings. The van der Waals surface area contributed by atoms with Gasteiger partial charge in [0.2, 0.25) is 5.91 Å². The number of fused-ring (bicyclic) bond motifs is 1. The van der Waals surface area contributed by atoms with E-state index in [1.807, 2.05) is 11.9 Å². The molecule has 1 aromatic heterocycles. The van der Waals surface area contributed by atoms with Crippen molar-refractivity contribution in [2.75, 3.05) is 39.0 Å². The van der Waals surface area contributed by atoms with Gasteiger partial charge in [0, 0.05) is 30.8 Å². The summed E-state index contributed by atoms with van der Waals surface area (Å²) in [6.07, 6.45) is 1.71. The molecule has 1 saturated heterocycles. The third-order valence-electron chi connectivity index (χ3n) is 5.79. The van der Waals surface area contributed by atoms with Gasteiger partial charge in [0.05, 0.1) is 26.8 Å². The SMILES string of the molecule is C=CC(=O)N1CCN(C)C(COc2c(C=O)cc(F)c(-c3ccc(F)c4sc(N)nc34)c2Cl)C1. The van der Waals surface area contributed by atoms with Crippen molar-refractivity contribution in [2.45, 2.75) is 6.04 Å². The molecular formula is C23H21ClF2N4O3S. The largest absolute Gasteiger partial charge is 0.490 e. The lowest BCUT2D eigenvalue weighted by atomic mass is 10.0. The molecule has 11 heteroatoms. The van der Waals surface area contributed by atoms with Gasteiger partial charge >= 0.3 is 0 Å². The van der Waals surface area contributed by atoms with E-state index < -0.39 is 11.6 Å². The zero-order valence-electron chi connectivity index (χ0n) is 18.2. The van der Waals surface area contributed by atoms with Crippen LogP contribution in [0, 0.1) is 11.6 Å². The molecule has 0 spiro atoms. The molecule has 178 valence electrons. The molecule has 0 radical (unpaired) electrons. The highest BCUT2D eigenvalue weighted by Crippen LogP contribution is 2.43. The number of ether oxygens (including phenoxy) is 1. The molecule has 1 aliphatic heterocycles. The van der Waals surface area contributed by atoms with E-state index in [1.54, 1.807) is 4.90 Å². The van der Waals surface area contributed by atoms with E-state index in [1.165, 1.54) is 18.2 Å². The number of amides is 1. The number of likely N-dealkylation sites (N-methyl/N-ethyl adjacent to an activating group) is 1. The minimum Gasteiger partial charge on any atom is -0.490 e. The van der Waals surface area contributed by atoms with Crippen molar-refractivity contribution in [3.63, 3.8) is 0 Å². The Bertz CT molecular complexity index is 1300. The fourth-order valence-corrected chi connectivity index (χ4v) is 5.05. The van der Waals surface area contributed by atoms with Crippen molar-refractivity contribution in [1.82, 2.24) is 14.8 Å². The minimum atomic E-state index is -0.781. The van der Waals surface area contributed by atoms with Gasteiger partial charge in [-0.15, -0.1) is 0 Å². The maximum atomic E-state index is 15.1. The molecule has 7 nitrogen and oxygen atoms in total. The predicted octanol–water partition coefficient (Wildman–Crippen LogP) is 4.00. The van der Waals surface area contributed by atoms with E-state index in [0.717, 1.165) is 17.4 Å². The summed E-state index contributed by atoms with van der Waals surface area (Å²) < 4.78 is 35.5. The summed E-state index contributed by atoms with van der Waals surface area (Å²) in [7, 11) is 1.89. The average molecular weight is 507 g/mol. The lowest BCUT2D eigenvalue weighted by Crippen LogP contribution is -2.55. The molecule has 34 heavy (non-hydrogen) atoms. The zero-order valence-corrected chi connectivity index (χ0v) is 19.8. The molecule has 0 saturated carbocycles. The number of rotatable bonds is 6. The Kier molecular flexibility index (Phi) is 6.83. The average Bonchev–Trinajstić information content (AvgIpc) is 3.22. The van der Waals surface area contributed by atoms with Gasteiger partial charge in [0.15, 0.2) is 11.4 Å². The van der Waals surface area contributed by atoms with Crippen molar-refractivity contribution < 1.29 is 23.1 Å². The third-order valence-corrected chi connectivity index (χ3v) is 7.05. The molecule has 1 fully saturated rings. The molecule has 2 N–H and O–H groups in total. The molecular weight excluding hydrogens is 486 g/mol. The molecule has 1 atom stereocenters. The maximum Gasteiger partial charge on any atom is 0.246 e. The number of hydrogen-bond acceptors (Lipinski definition) is 7. The number of nitrogen functional groups attached to an aromatic ring is 1. The van der Waals surface area contributed by atoms with Gasteiger partial charge in [-0.3, -0.25) is 14.5 Å². The molecule has 4 rings (SSSR count). The molecule has 2 aromatic carbocycles. The van der Waals surface area contributed by atoms with E-state index in [4.69, 9.17) is 22.1 Å². The Morgan fingerprint density at radius 1 is 1.38 bits per heavy atom. The van der Waals surface area contributed by atoms with Crippen molar-refractivity contribution in [2.24, 2.45) is 0 Å². The van der Waals surface area contributed by atoms with Crippen molar-refractivity contribution >= 4 is 50.5 Å². The van der Waals surface area contributed by atoms with Crippen molar-refractivity contribution in [3.05, 3.63) is 53.1 Å². The monoisotopic (exact) mass is 506 g/mol. The van der Waals surface area contributed by atoms with E-state index in [0.29, 0.717) is 25.9 Å². The Labute approximate surface area is 203 Å². The van der Waals surface area contributed by atoms with Gasteiger partial charge in [-0.2, -0.15) is 0 Å². The van der Waals surface area contributed by atoms with Crippen LogP contribution in [-0.4, -0.2) is 66.3 Å². The third kappa shape index (κ3) is 4.36. The summed E-state index contributed by atoms with van der Waals surface area (Å²) in [6.45, 7) is 5.17. The van der Waals surface area contributed by atoms with Crippen LogP contribution in [0.25, 0.3) is 21.3 Å². The second kappa shape index (κ2) is 9.65. The summed E-state index contributed by atoms with van der Waals surface area (Å²) in [5.41, 5.74) is 6.00.